The zero-order chi connectivity index (χ0) is 26.0. The quantitative estimate of drug-likeness (QED) is 0.317. The van der Waals surface area contributed by atoms with Crippen molar-refractivity contribution in [2.75, 3.05) is 11.4 Å². The highest BCUT2D eigenvalue weighted by molar-refractivity contribution is 7.81. The van der Waals surface area contributed by atoms with Gasteiger partial charge in [-0.05, 0) is 66.7 Å². The minimum atomic E-state index is -2.44. The van der Waals surface area contributed by atoms with Crippen LogP contribution in [-0.2, 0) is 11.3 Å². The third-order valence-electron chi connectivity index (χ3n) is 7.08. The highest BCUT2D eigenvalue weighted by atomic mass is 32.2. The molecule has 0 aliphatic heterocycles. The van der Waals surface area contributed by atoms with Crippen molar-refractivity contribution >= 4 is 40.1 Å². The van der Waals surface area contributed by atoms with Gasteiger partial charge in [-0.1, -0.05) is 45.0 Å². The average molecular weight is 529 g/mol. The van der Waals surface area contributed by atoms with E-state index in [1.807, 2.05) is 0 Å². The summed E-state index contributed by atoms with van der Waals surface area (Å²) in [5.74, 6) is 0.691. The summed E-state index contributed by atoms with van der Waals surface area (Å²) in [6, 6.07) is 12.6. The third-order valence-corrected chi connectivity index (χ3v) is 8.66. The van der Waals surface area contributed by atoms with Gasteiger partial charge in [0, 0.05) is 10.9 Å². The predicted octanol–water partition coefficient (Wildman–Crippen LogP) is 7.11. The van der Waals surface area contributed by atoms with E-state index in [4.69, 9.17) is 4.74 Å². The van der Waals surface area contributed by atoms with Gasteiger partial charge in [0.25, 0.3) is 11.3 Å². The number of aromatic nitrogens is 1. The highest BCUT2D eigenvalue weighted by Gasteiger charge is 2.30. The molecule has 192 valence electrons. The lowest BCUT2D eigenvalue weighted by Crippen LogP contribution is -2.25. The van der Waals surface area contributed by atoms with Crippen LogP contribution in [0.5, 0.6) is 5.75 Å². The zero-order valence-electron chi connectivity index (χ0n) is 20.9. The van der Waals surface area contributed by atoms with E-state index >= 15 is 0 Å². The molecule has 1 aromatic heterocycles. The summed E-state index contributed by atoms with van der Waals surface area (Å²) < 4.78 is 28.7. The second-order valence-electron chi connectivity index (χ2n) is 10.3. The van der Waals surface area contributed by atoms with Crippen molar-refractivity contribution in [2.24, 2.45) is 11.3 Å². The molecule has 2 aromatic carbocycles. The number of nitrogens with zero attached hydrogens (tertiary/aromatic N) is 2. The number of carboxylic acids is 1. The van der Waals surface area contributed by atoms with E-state index in [0.29, 0.717) is 11.3 Å². The number of anilines is 2. The molecular weight excluding hydrogens is 496 g/mol. The minimum Gasteiger partial charge on any atom is -0.495 e. The Morgan fingerprint density at radius 3 is 2.33 bits per heavy atom. The summed E-state index contributed by atoms with van der Waals surface area (Å²) in [6.07, 6.45) is 4.94. The van der Waals surface area contributed by atoms with E-state index in [0.717, 1.165) is 20.8 Å². The first-order chi connectivity index (χ1) is 17.1. The van der Waals surface area contributed by atoms with Crippen LogP contribution in [0, 0.1) is 11.3 Å². The van der Waals surface area contributed by atoms with E-state index in [9.17, 15) is 18.7 Å². The number of hydrogen-bond donors (Lipinski definition) is 2. The lowest BCUT2D eigenvalue weighted by atomic mass is 9.69. The molecule has 1 heterocycles. The Morgan fingerprint density at radius 1 is 1.11 bits per heavy atom. The fraction of sp³-hybridized carbons (Fsp3) is 0.407. The molecule has 0 amide bonds. The second kappa shape index (κ2) is 10.7. The maximum atomic E-state index is 12.3. The van der Waals surface area contributed by atoms with Gasteiger partial charge in [0.1, 0.15) is 16.4 Å². The number of hydrogen-bond acceptors (Lipinski definition) is 5. The molecule has 0 saturated heterocycles. The van der Waals surface area contributed by atoms with Crippen molar-refractivity contribution in [1.29, 1.82) is 0 Å². The van der Waals surface area contributed by atoms with Gasteiger partial charge < -0.3 is 9.84 Å². The number of aromatic carboxylic acids is 1. The fourth-order valence-corrected chi connectivity index (χ4v) is 6.38. The summed E-state index contributed by atoms with van der Waals surface area (Å²) in [6.45, 7) is 7.01. The van der Waals surface area contributed by atoms with E-state index in [2.05, 4.69) is 50.0 Å². The van der Waals surface area contributed by atoms with Crippen LogP contribution < -0.4 is 9.04 Å². The van der Waals surface area contributed by atoms with E-state index in [1.54, 1.807) is 5.38 Å². The van der Waals surface area contributed by atoms with Crippen molar-refractivity contribution in [2.45, 2.75) is 52.4 Å². The first-order valence-corrected chi connectivity index (χ1v) is 13.9. The molecular formula is C27H32N2O5S2. The van der Waals surface area contributed by atoms with Gasteiger partial charge in [0.15, 0.2) is 5.82 Å². The number of carboxylic acid groups (broad SMARTS) is 1. The van der Waals surface area contributed by atoms with Gasteiger partial charge in [-0.3, -0.25) is 4.55 Å². The van der Waals surface area contributed by atoms with Gasteiger partial charge in [-0.15, -0.1) is 11.3 Å². The minimum absolute atomic E-state index is 0.0187. The molecule has 0 spiro atoms. The second-order valence-corrected chi connectivity index (χ2v) is 11.9. The normalized spacial score (nSPS) is 19.0. The van der Waals surface area contributed by atoms with Crippen LogP contribution >= 0.6 is 11.3 Å². The lowest BCUT2D eigenvalue weighted by Gasteiger charge is -2.37. The van der Waals surface area contributed by atoms with E-state index in [1.165, 1.54) is 67.9 Å². The Balaban J connectivity index is 1.54. The summed E-state index contributed by atoms with van der Waals surface area (Å²) >= 11 is -1.07. The molecule has 1 aliphatic rings. The molecule has 1 saturated carbocycles. The van der Waals surface area contributed by atoms with Gasteiger partial charge >= 0.3 is 5.97 Å². The maximum Gasteiger partial charge on any atom is 0.335 e. The summed E-state index contributed by atoms with van der Waals surface area (Å²) in [4.78, 5) is 15.9. The van der Waals surface area contributed by atoms with Crippen LogP contribution in [0.15, 0.2) is 47.8 Å². The van der Waals surface area contributed by atoms with Gasteiger partial charge in [-0.25, -0.2) is 18.3 Å². The predicted molar refractivity (Wildman–Crippen MR) is 145 cm³/mol. The number of methoxy groups -OCH3 is 1. The molecule has 0 radical (unpaired) electrons. The van der Waals surface area contributed by atoms with Crippen molar-refractivity contribution < 1.29 is 23.4 Å². The van der Waals surface area contributed by atoms with Crippen molar-refractivity contribution in [3.05, 3.63) is 59.0 Å². The van der Waals surface area contributed by atoms with Crippen molar-refractivity contribution in [3.63, 3.8) is 0 Å². The van der Waals surface area contributed by atoms with E-state index < -0.39 is 17.2 Å². The Labute approximate surface area is 218 Å². The molecule has 0 bridgehead atoms. The van der Waals surface area contributed by atoms with Crippen molar-refractivity contribution in [3.8, 4) is 16.3 Å². The van der Waals surface area contributed by atoms with E-state index in [-0.39, 0.29) is 22.8 Å². The number of carbonyl (C=O) groups is 1. The van der Waals surface area contributed by atoms with Crippen LogP contribution in [0.1, 0.15) is 68.3 Å². The van der Waals surface area contributed by atoms with Crippen LogP contribution in [-0.4, -0.2) is 31.9 Å². The molecule has 1 aliphatic carbocycles. The summed E-state index contributed by atoms with van der Waals surface area (Å²) in [5.41, 5.74) is 2.93. The van der Waals surface area contributed by atoms with Gasteiger partial charge in [0.05, 0.1) is 12.7 Å². The largest absolute Gasteiger partial charge is 0.495 e. The Morgan fingerprint density at radius 2 is 1.78 bits per heavy atom. The van der Waals surface area contributed by atoms with Crippen LogP contribution in [0.4, 0.5) is 11.5 Å². The summed E-state index contributed by atoms with van der Waals surface area (Å²) in [5, 5.41) is 11.7. The molecule has 1 atom stereocenters. The lowest BCUT2D eigenvalue weighted by molar-refractivity contribution is 0.0696. The molecule has 1 fully saturated rings. The van der Waals surface area contributed by atoms with Crippen LogP contribution in [0.2, 0.25) is 0 Å². The number of benzene rings is 2. The standard InChI is InChI=1S/C27H32N2O5S2/c1-27(2,3)21-12-9-18(10-13-21)17-5-7-19(8-6-17)25-28-24(16-35-25)29(36(32)33)22-14-11-20(26(30)31)15-23(22)34-4/h5-8,11,14-16,18,21H,9-10,12-13H2,1-4H3,(H,30,31)(H,32,33). The average Bonchev–Trinajstić information content (AvgIpc) is 3.33. The Kier molecular flexibility index (Phi) is 7.82. The molecule has 4 rings (SSSR count). The molecule has 1 unspecified atom stereocenters. The van der Waals surface area contributed by atoms with Crippen molar-refractivity contribution in [1.82, 2.24) is 4.98 Å². The highest BCUT2D eigenvalue weighted by Crippen LogP contribution is 2.43. The van der Waals surface area contributed by atoms with Crippen LogP contribution in [0.3, 0.4) is 0 Å². The smallest absolute Gasteiger partial charge is 0.335 e. The molecule has 7 nitrogen and oxygen atoms in total. The van der Waals surface area contributed by atoms with Gasteiger partial charge in [0.2, 0.25) is 0 Å². The van der Waals surface area contributed by atoms with Gasteiger partial charge in [-0.2, -0.15) is 0 Å². The fourth-order valence-electron chi connectivity index (χ4n) is 4.95. The monoisotopic (exact) mass is 528 g/mol. The molecule has 9 heteroatoms. The zero-order valence-corrected chi connectivity index (χ0v) is 22.6. The molecule has 2 N–H and O–H groups in total. The maximum absolute atomic E-state index is 12.3. The summed E-state index contributed by atoms with van der Waals surface area (Å²) in [7, 11) is 1.38. The first-order valence-electron chi connectivity index (χ1n) is 12.0. The SMILES string of the molecule is COc1cc(C(=O)O)ccc1N(c1csc(-c2ccc(C3CCC(C(C)(C)C)CC3)cc2)n1)S(=O)O. The number of thiazole rings is 1. The molecule has 3 aromatic rings. The molecule has 36 heavy (non-hydrogen) atoms. The first kappa shape index (κ1) is 26.3. The van der Waals surface area contributed by atoms with Crippen LogP contribution in [0.25, 0.3) is 10.6 Å². The number of ether oxygens (including phenoxy) is 1. The Bertz CT molecular complexity index is 1240. The number of rotatable bonds is 7. The Hall–Kier alpha value is -2.75. The topological polar surface area (TPSA) is 100.0 Å². The third kappa shape index (κ3) is 5.63.